The highest BCUT2D eigenvalue weighted by Gasteiger charge is 2.42. The molecule has 0 saturated heterocycles. The first-order chi connectivity index (χ1) is 5.64. The molecule has 0 bridgehead atoms. The molecule has 6 nitrogen and oxygen atoms in total. The fourth-order valence-electron chi connectivity index (χ4n) is 0.848. The van der Waals surface area contributed by atoms with Crippen molar-refractivity contribution >= 4 is 13.4 Å². The topological polar surface area (TPSA) is 77.3 Å². The minimum Gasteiger partial charge on any atom is -0.310 e. The first-order valence-electron chi connectivity index (χ1n) is 3.24. The Kier molecular flexibility index (Phi) is 2.72. The van der Waals surface area contributed by atoms with Gasteiger partial charge in [-0.25, -0.2) is 0 Å². The number of nitrogens with zero attached hydrogens (tertiary/aromatic N) is 2. The monoisotopic (exact) mass is 192 g/mol. The summed E-state index contributed by atoms with van der Waals surface area (Å²) in [5.74, 6) is -1.39. The summed E-state index contributed by atoms with van der Waals surface area (Å²) in [6.07, 6.45) is 0. The average molecular weight is 192 g/mol. The predicted molar refractivity (Wildman–Crippen MR) is 40.1 cm³/mol. The summed E-state index contributed by atoms with van der Waals surface area (Å²) in [6, 6.07) is 0. The van der Waals surface area contributed by atoms with Crippen molar-refractivity contribution in [2.24, 2.45) is 10.2 Å². The molecule has 0 aromatic carbocycles. The quantitative estimate of drug-likeness (QED) is 0.620. The van der Waals surface area contributed by atoms with Gasteiger partial charge in [0.05, 0.1) is 0 Å². The van der Waals surface area contributed by atoms with Gasteiger partial charge in [0.25, 0.3) is 0 Å². The second-order valence-electron chi connectivity index (χ2n) is 2.16. The van der Waals surface area contributed by atoms with E-state index in [9.17, 15) is 9.36 Å². The van der Waals surface area contributed by atoms with Gasteiger partial charge in [-0.2, -0.15) is 10.2 Å². The maximum absolute atomic E-state index is 11.5. The minimum absolute atomic E-state index is 0.0403. The Balaban J connectivity index is 2.86. The van der Waals surface area contributed by atoms with Crippen molar-refractivity contribution in [3.8, 4) is 0 Å². The predicted octanol–water partition coefficient (Wildman–Crippen LogP) is 0.833. The Bertz CT molecular complexity index is 256. The number of rotatable bonds is 3. The molecule has 1 rings (SSSR count). The molecule has 1 atom stereocenters. The second-order valence-corrected chi connectivity index (χ2v) is 4.46. The van der Waals surface area contributed by atoms with E-state index in [4.69, 9.17) is 0 Å². The summed E-state index contributed by atoms with van der Waals surface area (Å²) in [7, 11) is -0.967. The molecule has 7 heteroatoms. The van der Waals surface area contributed by atoms with Gasteiger partial charge >= 0.3 is 7.60 Å². The number of carbonyl (C=O) groups is 1. The van der Waals surface area contributed by atoms with Crippen molar-refractivity contribution in [3.05, 3.63) is 0 Å². The van der Waals surface area contributed by atoms with Gasteiger partial charge in [-0.3, -0.25) is 9.36 Å². The van der Waals surface area contributed by atoms with Crippen LogP contribution in [0, 0.1) is 0 Å². The summed E-state index contributed by atoms with van der Waals surface area (Å²) < 4.78 is 20.7. The first-order valence-corrected chi connectivity index (χ1v) is 4.86. The van der Waals surface area contributed by atoms with E-state index in [-0.39, 0.29) is 12.3 Å². The fourth-order valence-corrected chi connectivity index (χ4v) is 2.03. The third-order valence-electron chi connectivity index (χ3n) is 1.51. The Morgan fingerprint density at radius 2 is 2.08 bits per heavy atom. The largest absolute Gasteiger partial charge is 0.364 e. The van der Waals surface area contributed by atoms with Crippen LogP contribution in [0.2, 0.25) is 0 Å². The van der Waals surface area contributed by atoms with E-state index in [2.05, 4.69) is 19.3 Å². The lowest BCUT2D eigenvalue weighted by molar-refractivity contribution is -0.116. The summed E-state index contributed by atoms with van der Waals surface area (Å²) in [5.41, 5.74) is 0. The van der Waals surface area contributed by atoms with E-state index < -0.39 is 13.4 Å². The summed E-state index contributed by atoms with van der Waals surface area (Å²) >= 11 is 0. The van der Waals surface area contributed by atoms with E-state index >= 15 is 0 Å². The number of carbonyl (C=O) groups excluding carboxylic acids is 1. The number of ketones is 1. The number of Topliss-reactive ketones (excluding diaryl/α,β-unsaturated/α-hetero) is 1. The van der Waals surface area contributed by atoms with Crippen molar-refractivity contribution in [2.45, 2.75) is 5.78 Å². The molecule has 0 aromatic rings. The summed E-state index contributed by atoms with van der Waals surface area (Å²) in [6.45, 7) is -0.0403. The molecule has 0 aromatic heterocycles. The van der Waals surface area contributed by atoms with Crippen LogP contribution >= 0.6 is 7.60 Å². The Hall–Kier alpha value is -0.580. The molecule has 0 saturated carbocycles. The van der Waals surface area contributed by atoms with Gasteiger partial charge in [-0.15, -0.1) is 0 Å². The maximum Gasteiger partial charge on any atom is 0.364 e. The zero-order valence-corrected chi connectivity index (χ0v) is 7.65. The lowest BCUT2D eigenvalue weighted by Gasteiger charge is -2.15. The lowest BCUT2D eigenvalue weighted by atomic mass is 10.4. The maximum atomic E-state index is 11.5. The molecule has 0 radical (unpaired) electrons. The van der Waals surface area contributed by atoms with Gasteiger partial charge in [0, 0.05) is 14.2 Å². The van der Waals surface area contributed by atoms with E-state index in [0.29, 0.717) is 0 Å². The second kappa shape index (κ2) is 3.43. The van der Waals surface area contributed by atoms with E-state index in [1.807, 2.05) is 0 Å². The van der Waals surface area contributed by atoms with Crippen molar-refractivity contribution in [3.63, 3.8) is 0 Å². The molecule has 0 spiro atoms. The third-order valence-corrected chi connectivity index (χ3v) is 3.52. The van der Waals surface area contributed by atoms with E-state index in [1.165, 1.54) is 14.2 Å². The fraction of sp³-hybridized carbons (Fsp3) is 0.800. The zero-order chi connectivity index (χ0) is 9.19. The van der Waals surface area contributed by atoms with Gasteiger partial charge in [0.2, 0.25) is 5.78 Å². The highest BCUT2D eigenvalue weighted by molar-refractivity contribution is 7.55. The molecule has 1 aliphatic rings. The van der Waals surface area contributed by atoms with Gasteiger partial charge in [-0.1, -0.05) is 0 Å². The standard InChI is InChI=1S/C5H9N2O4P/c1-10-12(9,11-2)5-4(8)3-6-7-5/h5H,3H2,1-2H3. The summed E-state index contributed by atoms with van der Waals surface area (Å²) in [5, 5.41) is 6.94. The van der Waals surface area contributed by atoms with Crippen LogP contribution in [0.1, 0.15) is 0 Å². The molecule has 1 aliphatic heterocycles. The first kappa shape index (κ1) is 9.51. The molecular weight excluding hydrogens is 183 g/mol. The van der Waals surface area contributed by atoms with Crippen LogP contribution in [0.5, 0.6) is 0 Å². The molecule has 1 heterocycles. The Morgan fingerprint density at radius 1 is 1.50 bits per heavy atom. The van der Waals surface area contributed by atoms with Crippen LogP contribution in [-0.4, -0.2) is 32.3 Å². The van der Waals surface area contributed by atoms with Gasteiger partial charge in [0.15, 0.2) is 5.78 Å². The summed E-state index contributed by atoms with van der Waals surface area (Å²) in [4.78, 5) is 11.0. The number of hydrogen-bond acceptors (Lipinski definition) is 6. The van der Waals surface area contributed by atoms with Crippen molar-refractivity contribution in [1.29, 1.82) is 0 Å². The van der Waals surface area contributed by atoms with Gasteiger partial charge in [0.1, 0.15) is 6.54 Å². The van der Waals surface area contributed by atoms with Crippen LogP contribution in [-0.2, 0) is 18.4 Å². The Morgan fingerprint density at radius 3 is 2.42 bits per heavy atom. The van der Waals surface area contributed by atoms with Crippen LogP contribution < -0.4 is 0 Å². The van der Waals surface area contributed by atoms with Crippen LogP contribution in [0.4, 0.5) is 0 Å². The minimum atomic E-state index is -3.39. The van der Waals surface area contributed by atoms with Crippen molar-refractivity contribution in [1.82, 2.24) is 0 Å². The smallest absolute Gasteiger partial charge is 0.310 e. The Labute approximate surface area is 69.5 Å². The molecule has 0 N–H and O–H groups in total. The zero-order valence-electron chi connectivity index (χ0n) is 6.76. The van der Waals surface area contributed by atoms with Crippen molar-refractivity contribution < 1.29 is 18.4 Å². The highest BCUT2D eigenvalue weighted by Crippen LogP contribution is 2.53. The number of hydrogen-bond donors (Lipinski definition) is 0. The molecular formula is C5H9N2O4P. The molecule has 68 valence electrons. The van der Waals surface area contributed by atoms with E-state index in [0.717, 1.165) is 0 Å². The molecule has 1 unspecified atom stereocenters. The SMILES string of the molecule is COP(=O)(OC)C1N=NCC1=O. The number of azo groups is 1. The van der Waals surface area contributed by atoms with Gasteiger partial charge in [-0.05, 0) is 0 Å². The van der Waals surface area contributed by atoms with Crippen LogP contribution in [0.3, 0.4) is 0 Å². The lowest BCUT2D eigenvalue weighted by Crippen LogP contribution is -2.17. The molecule has 12 heavy (non-hydrogen) atoms. The normalized spacial score (nSPS) is 23.5. The van der Waals surface area contributed by atoms with Crippen LogP contribution in [0.15, 0.2) is 10.2 Å². The van der Waals surface area contributed by atoms with Crippen molar-refractivity contribution in [2.75, 3.05) is 20.8 Å². The average Bonchev–Trinajstić information content (AvgIpc) is 2.51. The van der Waals surface area contributed by atoms with Gasteiger partial charge < -0.3 is 9.05 Å². The molecule has 0 amide bonds. The van der Waals surface area contributed by atoms with E-state index in [1.54, 1.807) is 0 Å². The molecule has 0 fully saturated rings. The highest BCUT2D eigenvalue weighted by atomic mass is 31.2. The van der Waals surface area contributed by atoms with Crippen LogP contribution in [0.25, 0.3) is 0 Å². The third kappa shape index (κ3) is 1.46. The molecule has 0 aliphatic carbocycles.